The predicted octanol–water partition coefficient (Wildman–Crippen LogP) is 4.13. The number of rotatable bonds is 2. The topological polar surface area (TPSA) is 75.2 Å². The van der Waals surface area contributed by atoms with Crippen molar-refractivity contribution >= 4 is 12.0 Å². The number of fused-ring (bicyclic) bond motifs is 6. The fourth-order valence-electron chi connectivity index (χ4n) is 7.90. The van der Waals surface area contributed by atoms with Gasteiger partial charge in [-0.05, 0) is 72.8 Å². The van der Waals surface area contributed by atoms with Crippen LogP contribution in [0, 0.1) is 34.5 Å². The summed E-state index contributed by atoms with van der Waals surface area (Å²) in [5.74, 6) is 1.48. The maximum absolute atomic E-state index is 12.1. The minimum atomic E-state index is -0.364. The quantitative estimate of drug-likeness (QED) is 0.735. The van der Waals surface area contributed by atoms with E-state index in [1.54, 1.807) is 0 Å². The Kier molecular flexibility index (Phi) is 4.29. The van der Waals surface area contributed by atoms with Crippen LogP contribution in [0.4, 0.5) is 0 Å². The van der Waals surface area contributed by atoms with Crippen molar-refractivity contribution in [1.82, 2.24) is 10.2 Å². The van der Waals surface area contributed by atoms with Gasteiger partial charge in [-0.2, -0.15) is 5.10 Å². The lowest BCUT2D eigenvalue weighted by molar-refractivity contribution is -0.172. The minimum absolute atomic E-state index is 0.0119. The van der Waals surface area contributed by atoms with Crippen LogP contribution in [-0.4, -0.2) is 33.5 Å². The molecule has 7 unspecified atom stereocenters. The third-order valence-corrected chi connectivity index (χ3v) is 9.07. The Labute approximate surface area is 173 Å². The van der Waals surface area contributed by atoms with Gasteiger partial charge in [-0.15, -0.1) is 0 Å². The van der Waals surface area contributed by atoms with E-state index in [2.05, 4.69) is 37.0 Å². The first-order chi connectivity index (χ1) is 13.8. The maximum Gasteiger partial charge on any atom is 0.305 e. The molecule has 1 aromatic rings. The lowest BCUT2D eigenvalue weighted by atomic mass is 9.46. The molecule has 4 aliphatic rings. The van der Waals surface area contributed by atoms with Gasteiger partial charge in [0.1, 0.15) is 6.10 Å². The number of hydrogen-bond donors (Lipinski definition) is 2. The van der Waals surface area contributed by atoms with E-state index in [0.717, 1.165) is 37.8 Å². The molecule has 0 amide bonds. The van der Waals surface area contributed by atoms with Crippen LogP contribution < -0.4 is 0 Å². The van der Waals surface area contributed by atoms with Crippen molar-refractivity contribution in [3.05, 3.63) is 23.0 Å². The molecule has 0 saturated heterocycles. The molecule has 3 fully saturated rings. The molecule has 5 heteroatoms. The summed E-state index contributed by atoms with van der Waals surface area (Å²) >= 11 is 0. The summed E-state index contributed by atoms with van der Waals surface area (Å²) in [5.41, 5.74) is 3.75. The number of aromatic amines is 1. The number of carbonyl (C=O) groups excluding carboxylic acids is 1. The summed E-state index contributed by atoms with van der Waals surface area (Å²) in [6, 6.07) is 0. The molecule has 29 heavy (non-hydrogen) atoms. The van der Waals surface area contributed by atoms with Crippen molar-refractivity contribution in [2.24, 2.45) is 34.5 Å². The number of carbonyl (C=O) groups is 1. The Morgan fingerprint density at radius 3 is 2.97 bits per heavy atom. The summed E-state index contributed by atoms with van der Waals surface area (Å²) in [7, 11) is 0. The molecule has 0 bridgehead atoms. The van der Waals surface area contributed by atoms with E-state index in [4.69, 9.17) is 4.74 Å². The fraction of sp³-hybridized carbons (Fsp3) is 0.750. The average molecular weight is 399 g/mol. The molecule has 0 aliphatic heterocycles. The average Bonchev–Trinajstić information content (AvgIpc) is 3.21. The molecule has 0 aromatic carbocycles. The Bertz CT molecular complexity index is 860. The maximum atomic E-state index is 12.1. The van der Waals surface area contributed by atoms with Crippen LogP contribution in [0.2, 0.25) is 0 Å². The predicted molar refractivity (Wildman–Crippen MR) is 111 cm³/mol. The lowest BCUT2D eigenvalue weighted by Gasteiger charge is -2.59. The van der Waals surface area contributed by atoms with Crippen LogP contribution in [0.15, 0.2) is 11.8 Å². The van der Waals surface area contributed by atoms with Gasteiger partial charge in [-0.3, -0.25) is 9.89 Å². The highest BCUT2D eigenvalue weighted by Crippen LogP contribution is 2.66. The Morgan fingerprint density at radius 2 is 2.21 bits per heavy atom. The van der Waals surface area contributed by atoms with Gasteiger partial charge in [0, 0.05) is 11.8 Å². The number of ether oxygens (including phenoxy) is 1. The van der Waals surface area contributed by atoms with Crippen molar-refractivity contribution < 1.29 is 14.6 Å². The van der Waals surface area contributed by atoms with Gasteiger partial charge in [0.2, 0.25) is 0 Å². The summed E-state index contributed by atoms with van der Waals surface area (Å²) < 4.78 is 5.97. The van der Waals surface area contributed by atoms with Crippen LogP contribution in [0.5, 0.6) is 0 Å². The number of hydrogen-bond acceptors (Lipinski definition) is 4. The summed E-state index contributed by atoms with van der Waals surface area (Å²) in [4.78, 5) is 12.1. The Balaban J connectivity index is 1.50. The van der Waals surface area contributed by atoms with Gasteiger partial charge < -0.3 is 9.84 Å². The van der Waals surface area contributed by atoms with Crippen molar-refractivity contribution in [3.8, 4) is 0 Å². The third kappa shape index (κ3) is 2.62. The van der Waals surface area contributed by atoms with Gasteiger partial charge in [-0.1, -0.05) is 33.3 Å². The smallest absolute Gasteiger partial charge is 0.305 e. The largest absolute Gasteiger partial charge is 0.461 e. The van der Waals surface area contributed by atoms with Gasteiger partial charge in [-0.25, -0.2) is 0 Å². The van der Waals surface area contributed by atoms with E-state index in [0.29, 0.717) is 24.2 Å². The molecule has 2 N–H and O–H groups in total. The van der Waals surface area contributed by atoms with Gasteiger partial charge in [0.15, 0.2) is 0 Å². The van der Waals surface area contributed by atoms with E-state index in [1.165, 1.54) is 11.1 Å². The zero-order chi connectivity index (χ0) is 20.6. The zero-order valence-corrected chi connectivity index (χ0v) is 18.1. The molecule has 8 atom stereocenters. The molecule has 1 heterocycles. The SMILES string of the molecule is CCC(=O)O[C@@H]1C(C)CC2C3CCC4=Cc5[nH]ncc5CC4(C)C3C(O)CC21C. The van der Waals surface area contributed by atoms with E-state index >= 15 is 0 Å². The minimum Gasteiger partial charge on any atom is -0.461 e. The van der Waals surface area contributed by atoms with Crippen molar-refractivity contribution in [2.75, 3.05) is 0 Å². The van der Waals surface area contributed by atoms with Crippen LogP contribution in [0.1, 0.15) is 71.1 Å². The molecule has 4 aliphatic carbocycles. The number of nitrogens with one attached hydrogen (secondary N) is 1. The number of aliphatic hydroxyl groups excluding tert-OH is 1. The summed E-state index contributed by atoms with van der Waals surface area (Å²) in [6.07, 6.45) is 9.21. The number of aliphatic hydroxyl groups is 1. The van der Waals surface area contributed by atoms with E-state index in [9.17, 15) is 9.90 Å². The normalized spacial score (nSPS) is 45.5. The number of aromatic nitrogens is 2. The Hall–Kier alpha value is -1.62. The summed E-state index contributed by atoms with van der Waals surface area (Å²) in [6.45, 7) is 8.73. The second-order valence-corrected chi connectivity index (χ2v) is 10.7. The first-order valence-corrected chi connectivity index (χ1v) is 11.4. The second kappa shape index (κ2) is 6.44. The monoisotopic (exact) mass is 398 g/mol. The molecule has 0 radical (unpaired) electrons. The highest BCUT2D eigenvalue weighted by atomic mass is 16.5. The fourth-order valence-corrected chi connectivity index (χ4v) is 7.90. The van der Waals surface area contributed by atoms with E-state index in [1.807, 2.05) is 13.1 Å². The molecule has 158 valence electrons. The lowest BCUT2D eigenvalue weighted by Crippen LogP contribution is -2.57. The van der Waals surface area contributed by atoms with Crippen LogP contribution >= 0.6 is 0 Å². The first kappa shape index (κ1) is 19.3. The molecule has 5 rings (SSSR count). The number of nitrogens with zero attached hydrogens (tertiary/aromatic N) is 1. The summed E-state index contributed by atoms with van der Waals surface area (Å²) in [5, 5.41) is 18.9. The molecule has 1 aromatic heterocycles. The second-order valence-electron chi connectivity index (χ2n) is 10.7. The van der Waals surface area contributed by atoms with E-state index < -0.39 is 0 Å². The number of allylic oxidation sites excluding steroid dienone is 1. The van der Waals surface area contributed by atoms with Gasteiger partial charge in [0.25, 0.3) is 0 Å². The van der Waals surface area contributed by atoms with Crippen LogP contribution in [0.25, 0.3) is 6.08 Å². The third-order valence-electron chi connectivity index (χ3n) is 9.07. The number of esters is 1. The molecule has 5 nitrogen and oxygen atoms in total. The van der Waals surface area contributed by atoms with Crippen LogP contribution in [-0.2, 0) is 16.0 Å². The van der Waals surface area contributed by atoms with Gasteiger partial charge >= 0.3 is 5.97 Å². The number of H-pyrrole nitrogens is 1. The van der Waals surface area contributed by atoms with Crippen molar-refractivity contribution in [3.63, 3.8) is 0 Å². The molecular formula is C24H34N2O3. The Morgan fingerprint density at radius 1 is 1.41 bits per heavy atom. The molecule has 0 spiro atoms. The van der Waals surface area contributed by atoms with Crippen LogP contribution in [0.3, 0.4) is 0 Å². The highest BCUT2D eigenvalue weighted by molar-refractivity contribution is 5.69. The van der Waals surface area contributed by atoms with Gasteiger partial charge in [0.05, 0.1) is 18.0 Å². The molecule has 3 saturated carbocycles. The highest BCUT2D eigenvalue weighted by Gasteiger charge is 2.64. The van der Waals surface area contributed by atoms with Crippen molar-refractivity contribution in [2.45, 2.75) is 78.4 Å². The van der Waals surface area contributed by atoms with Crippen molar-refractivity contribution in [1.29, 1.82) is 0 Å². The molecular weight excluding hydrogens is 364 g/mol. The zero-order valence-electron chi connectivity index (χ0n) is 18.1. The van der Waals surface area contributed by atoms with E-state index in [-0.39, 0.29) is 34.9 Å². The first-order valence-electron chi connectivity index (χ1n) is 11.4. The standard InChI is InChI=1S/C24H34N2O3/c1-5-20(28)29-22-13(2)8-17-16-7-6-15-9-18-14(12-25-26-18)10-23(15,3)21(16)19(27)11-24(17,22)4/h9,12-13,16-17,19,21-22,27H,5-8,10-11H2,1-4H3,(H,25,26)/t13?,16?,17?,19?,21?,22-,23?,24?/m1/s1.